The van der Waals surface area contributed by atoms with Crippen molar-refractivity contribution in [3.63, 3.8) is 0 Å². The van der Waals surface area contributed by atoms with Crippen molar-refractivity contribution in [1.82, 2.24) is 9.97 Å². The third-order valence-corrected chi connectivity index (χ3v) is 5.52. The Kier molecular flexibility index (Phi) is 4.64. The number of pyridine rings is 2. The number of halogens is 2. The first-order valence-electron chi connectivity index (χ1n) is 7.68. The highest BCUT2D eigenvalue weighted by Gasteiger charge is 2.21. The number of hydrogen-bond donors (Lipinski definition) is 1. The number of nitrogens with zero attached hydrogens (tertiary/aromatic N) is 2. The molecule has 0 aliphatic carbocycles. The molecule has 4 aromatic rings. The fourth-order valence-corrected chi connectivity index (χ4v) is 4.11. The lowest BCUT2D eigenvalue weighted by molar-refractivity contribution is 0.104. The third-order valence-electron chi connectivity index (χ3n) is 3.82. The van der Waals surface area contributed by atoms with Crippen LogP contribution in [0.3, 0.4) is 0 Å². The van der Waals surface area contributed by atoms with Crippen LogP contribution in [0.2, 0.25) is 0 Å². The molecule has 0 saturated heterocycles. The molecule has 3 heterocycles. The Morgan fingerprint density at radius 3 is 2.69 bits per heavy atom. The van der Waals surface area contributed by atoms with Gasteiger partial charge in [0.2, 0.25) is 0 Å². The van der Waals surface area contributed by atoms with Crippen LogP contribution in [0.5, 0.6) is 0 Å². The average molecular weight is 475 g/mol. The Morgan fingerprint density at radius 1 is 1.12 bits per heavy atom. The molecule has 0 amide bonds. The van der Waals surface area contributed by atoms with Crippen LogP contribution in [0.15, 0.2) is 61.1 Å². The van der Waals surface area contributed by atoms with Gasteiger partial charge in [-0.1, -0.05) is 11.3 Å². The van der Waals surface area contributed by atoms with E-state index in [0.717, 1.165) is 13.8 Å². The monoisotopic (exact) mass is 475 g/mol. The summed E-state index contributed by atoms with van der Waals surface area (Å²) in [6, 6.07) is 11.9. The Hall–Kier alpha value is -2.39. The molecule has 4 nitrogen and oxygen atoms in total. The Bertz CT molecular complexity index is 1110. The summed E-state index contributed by atoms with van der Waals surface area (Å²) < 4.78 is 15.1. The van der Waals surface area contributed by atoms with Gasteiger partial charge in [0.25, 0.3) is 0 Å². The molecule has 0 fully saturated rings. The topological polar surface area (TPSA) is 54.9 Å². The van der Waals surface area contributed by atoms with Crippen molar-refractivity contribution in [2.24, 2.45) is 0 Å². The van der Waals surface area contributed by atoms with E-state index >= 15 is 0 Å². The molecule has 0 spiro atoms. The minimum Gasteiger partial charge on any atom is -0.344 e. The van der Waals surface area contributed by atoms with E-state index in [2.05, 4.69) is 37.9 Å². The van der Waals surface area contributed by atoms with E-state index < -0.39 is 0 Å². The maximum absolute atomic E-state index is 14.3. The SMILES string of the molecule is O=C(c1ccncc1)c1c(Nc2ccc(I)cc2F)sc2ncccc12. The molecule has 0 bridgehead atoms. The van der Waals surface area contributed by atoms with E-state index in [-0.39, 0.29) is 11.6 Å². The molecule has 1 aromatic carbocycles. The zero-order valence-corrected chi connectivity index (χ0v) is 16.2. The largest absolute Gasteiger partial charge is 0.344 e. The first-order valence-corrected chi connectivity index (χ1v) is 9.57. The van der Waals surface area contributed by atoms with Crippen LogP contribution in [0, 0.1) is 9.39 Å². The summed E-state index contributed by atoms with van der Waals surface area (Å²) >= 11 is 3.38. The number of ketones is 1. The molecule has 0 aliphatic rings. The molecule has 0 radical (unpaired) electrons. The van der Waals surface area contributed by atoms with Gasteiger partial charge in [-0.25, -0.2) is 9.37 Å². The van der Waals surface area contributed by atoms with Crippen LogP contribution >= 0.6 is 33.9 Å². The maximum Gasteiger partial charge on any atom is 0.196 e. The fraction of sp³-hybridized carbons (Fsp3) is 0. The fourth-order valence-electron chi connectivity index (χ4n) is 2.61. The molecular formula is C19H11FIN3OS. The number of rotatable bonds is 4. The highest BCUT2D eigenvalue weighted by molar-refractivity contribution is 14.1. The lowest BCUT2D eigenvalue weighted by Crippen LogP contribution is -2.04. The van der Waals surface area contributed by atoms with E-state index in [4.69, 9.17) is 0 Å². The molecule has 4 rings (SSSR count). The van der Waals surface area contributed by atoms with E-state index in [1.807, 2.05) is 12.1 Å². The van der Waals surface area contributed by atoms with Gasteiger partial charge in [0.15, 0.2) is 5.78 Å². The van der Waals surface area contributed by atoms with Gasteiger partial charge in [0, 0.05) is 33.1 Å². The molecule has 3 aromatic heterocycles. The highest BCUT2D eigenvalue weighted by Crippen LogP contribution is 2.38. The molecular weight excluding hydrogens is 464 g/mol. The van der Waals surface area contributed by atoms with Crippen molar-refractivity contribution in [2.75, 3.05) is 5.32 Å². The first-order chi connectivity index (χ1) is 12.6. The number of carbonyl (C=O) groups is 1. The van der Waals surface area contributed by atoms with Crippen molar-refractivity contribution >= 4 is 60.6 Å². The lowest BCUT2D eigenvalue weighted by atomic mass is 10.0. The summed E-state index contributed by atoms with van der Waals surface area (Å²) in [5.74, 6) is -0.523. The molecule has 128 valence electrons. The second-order valence-corrected chi connectivity index (χ2v) is 7.72. The van der Waals surface area contributed by atoms with Crippen molar-refractivity contribution < 1.29 is 9.18 Å². The molecule has 0 unspecified atom stereocenters. The minimum absolute atomic E-state index is 0.153. The number of thiophene rings is 1. The summed E-state index contributed by atoms with van der Waals surface area (Å²) in [5, 5.41) is 4.39. The van der Waals surface area contributed by atoms with Crippen LogP contribution in [0.1, 0.15) is 15.9 Å². The van der Waals surface area contributed by atoms with Gasteiger partial charge in [0.05, 0.1) is 11.3 Å². The number of hydrogen-bond acceptors (Lipinski definition) is 5. The molecule has 0 saturated carbocycles. The number of benzene rings is 1. The van der Waals surface area contributed by atoms with Crippen LogP contribution < -0.4 is 5.32 Å². The minimum atomic E-state index is -0.371. The normalized spacial score (nSPS) is 10.8. The summed E-state index contributed by atoms with van der Waals surface area (Å²) in [7, 11) is 0. The lowest BCUT2D eigenvalue weighted by Gasteiger charge is -2.09. The summed E-state index contributed by atoms with van der Waals surface area (Å²) in [6.07, 6.45) is 4.83. The predicted octanol–water partition coefficient (Wildman–Crippen LogP) is 5.41. The van der Waals surface area contributed by atoms with Gasteiger partial charge in [0.1, 0.15) is 15.6 Å². The van der Waals surface area contributed by atoms with Gasteiger partial charge in [-0.05, 0) is 65.1 Å². The van der Waals surface area contributed by atoms with E-state index in [9.17, 15) is 9.18 Å². The number of carbonyl (C=O) groups excluding carboxylic acids is 1. The predicted molar refractivity (Wildman–Crippen MR) is 110 cm³/mol. The smallest absolute Gasteiger partial charge is 0.196 e. The molecule has 1 N–H and O–H groups in total. The Labute approximate surface area is 166 Å². The highest BCUT2D eigenvalue weighted by atomic mass is 127. The molecule has 0 atom stereocenters. The van der Waals surface area contributed by atoms with Crippen molar-refractivity contribution in [3.05, 3.63) is 81.6 Å². The zero-order chi connectivity index (χ0) is 18.1. The van der Waals surface area contributed by atoms with Crippen LogP contribution in [0.25, 0.3) is 10.2 Å². The van der Waals surface area contributed by atoms with E-state index in [1.54, 1.807) is 42.9 Å². The van der Waals surface area contributed by atoms with Crippen LogP contribution in [-0.4, -0.2) is 15.8 Å². The first kappa shape index (κ1) is 17.0. The van der Waals surface area contributed by atoms with Crippen LogP contribution in [0.4, 0.5) is 15.1 Å². The molecule has 26 heavy (non-hydrogen) atoms. The number of fused-ring (bicyclic) bond motifs is 1. The summed E-state index contributed by atoms with van der Waals surface area (Å²) in [4.78, 5) is 22.1. The van der Waals surface area contributed by atoms with E-state index in [0.29, 0.717) is 21.8 Å². The number of anilines is 2. The Balaban J connectivity index is 1.85. The van der Waals surface area contributed by atoms with Gasteiger partial charge < -0.3 is 5.32 Å². The quantitative estimate of drug-likeness (QED) is 0.317. The van der Waals surface area contributed by atoms with Gasteiger partial charge in [-0.2, -0.15) is 0 Å². The van der Waals surface area contributed by atoms with Gasteiger partial charge >= 0.3 is 0 Å². The summed E-state index contributed by atoms with van der Waals surface area (Å²) in [5.41, 5.74) is 1.33. The van der Waals surface area contributed by atoms with Crippen molar-refractivity contribution in [2.45, 2.75) is 0 Å². The standard InChI is InChI=1S/C19H11FIN3OS/c20-14-10-12(21)3-4-15(14)24-19-16(13-2-1-7-23-18(13)26-19)17(25)11-5-8-22-9-6-11/h1-10,24H. The number of nitrogens with one attached hydrogen (secondary N) is 1. The van der Waals surface area contributed by atoms with Crippen LogP contribution in [-0.2, 0) is 0 Å². The average Bonchev–Trinajstić information content (AvgIpc) is 3.02. The van der Waals surface area contributed by atoms with Gasteiger partial charge in [-0.15, -0.1) is 0 Å². The number of aromatic nitrogens is 2. The molecule has 0 aliphatic heterocycles. The van der Waals surface area contributed by atoms with Crippen molar-refractivity contribution in [1.29, 1.82) is 0 Å². The zero-order valence-electron chi connectivity index (χ0n) is 13.2. The Morgan fingerprint density at radius 2 is 1.92 bits per heavy atom. The molecule has 7 heteroatoms. The van der Waals surface area contributed by atoms with Crippen molar-refractivity contribution in [3.8, 4) is 0 Å². The second-order valence-electron chi connectivity index (χ2n) is 5.48. The second kappa shape index (κ2) is 7.08. The maximum atomic E-state index is 14.3. The third kappa shape index (κ3) is 3.19. The van der Waals surface area contributed by atoms with E-state index in [1.165, 1.54) is 17.4 Å². The summed E-state index contributed by atoms with van der Waals surface area (Å²) in [6.45, 7) is 0. The van der Waals surface area contributed by atoms with Gasteiger partial charge in [-0.3, -0.25) is 9.78 Å².